The van der Waals surface area contributed by atoms with Gasteiger partial charge in [0.2, 0.25) is 6.08 Å². The van der Waals surface area contributed by atoms with E-state index in [9.17, 15) is 4.79 Å². The number of aliphatic imine (C=N–C) groups is 1. The van der Waals surface area contributed by atoms with Crippen molar-refractivity contribution in [2.45, 2.75) is 12.8 Å². The second-order valence-electron chi connectivity index (χ2n) is 2.51. The highest BCUT2D eigenvalue weighted by molar-refractivity contribution is 7.99. The van der Waals surface area contributed by atoms with Gasteiger partial charge in [-0.2, -0.15) is 16.8 Å². The summed E-state index contributed by atoms with van der Waals surface area (Å²) in [5.41, 5.74) is 0. The highest BCUT2D eigenvalue weighted by Crippen LogP contribution is 2.23. The molecule has 0 aromatic rings. The first-order valence-corrected chi connectivity index (χ1v) is 4.90. The van der Waals surface area contributed by atoms with Crippen molar-refractivity contribution in [2.75, 3.05) is 11.5 Å². The molecule has 11 heavy (non-hydrogen) atoms. The molecule has 0 unspecified atom stereocenters. The van der Waals surface area contributed by atoms with Crippen LogP contribution in [-0.2, 0) is 4.79 Å². The molecule has 1 fully saturated rings. The van der Waals surface area contributed by atoms with E-state index in [2.05, 4.69) is 4.99 Å². The second-order valence-corrected chi connectivity index (χ2v) is 3.74. The molecule has 0 aromatic heterocycles. The van der Waals surface area contributed by atoms with Crippen LogP contribution in [0.25, 0.3) is 0 Å². The number of allylic oxidation sites excluding steroid dienone is 1. The van der Waals surface area contributed by atoms with E-state index in [1.165, 1.54) is 30.4 Å². The van der Waals surface area contributed by atoms with E-state index in [0.717, 1.165) is 0 Å². The molecule has 0 atom stereocenters. The van der Waals surface area contributed by atoms with E-state index in [4.69, 9.17) is 0 Å². The highest BCUT2D eigenvalue weighted by Gasteiger charge is 2.09. The lowest BCUT2D eigenvalue weighted by Gasteiger charge is -2.16. The molecule has 1 aliphatic heterocycles. The van der Waals surface area contributed by atoms with E-state index >= 15 is 0 Å². The number of carbonyl (C=O) groups excluding carboxylic acids is 1. The van der Waals surface area contributed by atoms with Gasteiger partial charge in [-0.1, -0.05) is 6.08 Å². The molecular formula is C8H11NOS. The maximum Gasteiger partial charge on any atom is 0.239 e. The Kier molecular flexibility index (Phi) is 4.02. The van der Waals surface area contributed by atoms with Crippen LogP contribution in [0.2, 0.25) is 0 Å². The van der Waals surface area contributed by atoms with Crippen LogP contribution >= 0.6 is 11.8 Å². The number of hydrogen-bond donors (Lipinski definition) is 0. The van der Waals surface area contributed by atoms with Crippen LogP contribution in [0.15, 0.2) is 17.3 Å². The van der Waals surface area contributed by atoms with Crippen molar-refractivity contribution in [3.05, 3.63) is 12.3 Å². The molecule has 60 valence electrons. The zero-order chi connectivity index (χ0) is 7.94. The number of hydrogen-bond acceptors (Lipinski definition) is 3. The Labute approximate surface area is 70.8 Å². The number of rotatable bonds is 2. The average molecular weight is 169 g/mol. The smallest absolute Gasteiger partial charge is 0.211 e. The fraction of sp³-hybridized carbons (Fsp3) is 0.625. The van der Waals surface area contributed by atoms with Gasteiger partial charge in [-0.25, -0.2) is 4.79 Å². The standard InChI is InChI=1S/C8H11NOS/c10-7-9-4-1-8-2-5-11-6-3-8/h1,4,8H,2-3,5-6H2/b4-1-. The normalized spacial score (nSPS) is 20.0. The molecule has 2 nitrogen and oxygen atoms in total. The van der Waals surface area contributed by atoms with Gasteiger partial charge in [-0.3, -0.25) is 0 Å². The van der Waals surface area contributed by atoms with Gasteiger partial charge in [0.1, 0.15) is 0 Å². The van der Waals surface area contributed by atoms with Gasteiger partial charge in [-0.15, -0.1) is 0 Å². The lowest BCUT2D eigenvalue weighted by molar-refractivity contribution is 0.564. The summed E-state index contributed by atoms with van der Waals surface area (Å²) in [6, 6.07) is 0. The predicted molar refractivity (Wildman–Crippen MR) is 47.3 cm³/mol. The van der Waals surface area contributed by atoms with Crippen molar-refractivity contribution in [1.29, 1.82) is 0 Å². The van der Waals surface area contributed by atoms with E-state index in [0.29, 0.717) is 5.92 Å². The van der Waals surface area contributed by atoms with Crippen molar-refractivity contribution >= 4 is 17.8 Å². The van der Waals surface area contributed by atoms with Gasteiger partial charge in [0, 0.05) is 6.20 Å². The van der Waals surface area contributed by atoms with Crippen LogP contribution < -0.4 is 0 Å². The summed E-state index contributed by atoms with van der Waals surface area (Å²) in [7, 11) is 0. The highest BCUT2D eigenvalue weighted by atomic mass is 32.2. The van der Waals surface area contributed by atoms with Gasteiger partial charge in [0.05, 0.1) is 0 Å². The molecule has 0 bridgehead atoms. The molecule has 0 saturated carbocycles. The maximum absolute atomic E-state index is 9.70. The van der Waals surface area contributed by atoms with Crippen molar-refractivity contribution in [3.8, 4) is 0 Å². The van der Waals surface area contributed by atoms with Gasteiger partial charge in [-0.05, 0) is 30.3 Å². The molecule has 1 aliphatic rings. The minimum Gasteiger partial charge on any atom is -0.211 e. The van der Waals surface area contributed by atoms with Crippen LogP contribution in [0.3, 0.4) is 0 Å². The summed E-state index contributed by atoms with van der Waals surface area (Å²) in [5.74, 6) is 3.10. The minimum absolute atomic E-state index is 0.633. The number of thioether (sulfide) groups is 1. The van der Waals surface area contributed by atoms with E-state index in [1.54, 1.807) is 6.20 Å². The monoisotopic (exact) mass is 169 g/mol. The summed E-state index contributed by atoms with van der Waals surface area (Å²) in [4.78, 5) is 13.1. The average Bonchev–Trinajstić information content (AvgIpc) is 2.07. The first-order valence-electron chi connectivity index (χ1n) is 3.75. The Morgan fingerprint density at radius 3 is 2.82 bits per heavy atom. The van der Waals surface area contributed by atoms with Gasteiger partial charge in [0.25, 0.3) is 0 Å². The molecule has 3 heteroatoms. The second kappa shape index (κ2) is 5.16. The summed E-state index contributed by atoms with van der Waals surface area (Å²) >= 11 is 2.00. The zero-order valence-electron chi connectivity index (χ0n) is 6.32. The predicted octanol–water partition coefficient (Wildman–Crippen LogP) is 1.98. The van der Waals surface area contributed by atoms with Crippen LogP contribution in [0, 0.1) is 5.92 Å². The van der Waals surface area contributed by atoms with E-state index in [-0.39, 0.29) is 0 Å². The van der Waals surface area contributed by atoms with Crippen LogP contribution in [0.1, 0.15) is 12.8 Å². The number of isocyanates is 1. The quantitative estimate of drug-likeness (QED) is 0.467. The number of nitrogens with zero attached hydrogens (tertiary/aromatic N) is 1. The van der Waals surface area contributed by atoms with Crippen molar-refractivity contribution in [2.24, 2.45) is 10.9 Å². The van der Waals surface area contributed by atoms with E-state index in [1.807, 2.05) is 17.8 Å². The summed E-state index contributed by atoms with van der Waals surface area (Å²) in [5, 5.41) is 0. The summed E-state index contributed by atoms with van der Waals surface area (Å²) in [6.07, 6.45) is 7.49. The first kappa shape index (κ1) is 8.57. The summed E-state index contributed by atoms with van der Waals surface area (Å²) in [6.45, 7) is 0. The van der Waals surface area contributed by atoms with Gasteiger partial charge >= 0.3 is 0 Å². The fourth-order valence-corrected chi connectivity index (χ4v) is 2.25. The Balaban J connectivity index is 2.28. The Morgan fingerprint density at radius 2 is 2.18 bits per heavy atom. The largest absolute Gasteiger partial charge is 0.239 e. The van der Waals surface area contributed by atoms with Crippen molar-refractivity contribution < 1.29 is 4.79 Å². The lowest BCUT2D eigenvalue weighted by atomic mass is 10.0. The third-order valence-corrected chi connectivity index (χ3v) is 2.80. The molecule has 1 rings (SSSR count). The van der Waals surface area contributed by atoms with Crippen LogP contribution in [0.5, 0.6) is 0 Å². The zero-order valence-corrected chi connectivity index (χ0v) is 7.14. The SMILES string of the molecule is O=C=N/C=C\C1CCSCC1. The summed E-state index contributed by atoms with van der Waals surface area (Å²) < 4.78 is 0. The fourth-order valence-electron chi connectivity index (χ4n) is 1.10. The Bertz CT molecular complexity index is 179. The maximum atomic E-state index is 9.70. The molecule has 0 aliphatic carbocycles. The van der Waals surface area contributed by atoms with Crippen molar-refractivity contribution in [3.63, 3.8) is 0 Å². The molecule has 1 heterocycles. The molecule has 0 amide bonds. The molecular weight excluding hydrogens is 158 g/mol. The molecule has 1 saturated heterocycles. The molecule has 0 N–H and O–H groups in total. The van der Waals surface area contributed by atoms with Crippen LogP contribution in [0.4, 0.5) is 0 Å². The third kappa shape index (κ3) is 3.40. The molecule has 0 aromatic carbocycles. The first-order chi connectivity index (χ1) is 5.43. The topological polar surface area (TPSA) is 29.4 Å². The van der Waals surface area contributed by atoms with Crippen LogP contribution in [-0.4, -0.2) is 17.6 Å². The minimum atomic E-state index is 0.633. The van der Waals surface area contributed by atoms with Gasteiger partial charge < -0.3 is 0 Å². The lowest BCUT2D eigenvalue weighted by Crippen LogP contribution is -2.06. The van der Waals surface area contributed by atoms with Gasteiger partial charge in [0.15, 0.2) is 0 Å². The van der Waals surface area contributed by atoms with Crippen molar-refractivity contribution in [1.82, 2.24) is 0 Å². The Hall–Kier alpha value is -0.530. The molecule has 0 radical (unpaired) electrons. The Morgan fingerprint density at radius 1 is 1.45 bits per heavy atom. The van der Waals surface area contributed by atoms with E-state index < -0.39 is 0 Å². The third-order valence-electron chi connectivity index (χ3n) is 1.75. The molecule has 0 spiro atoms.